The number of hydrogen-bond acceptors (Lipinski definition) is 6. The summed E-state index contributed by atoms with van der Waals surface area (Å²) in [7, 11) is 3.11. The highest BCUT2D eigenvalue weighted by molar-refractivity contribution is 6.03. The van der Waals surface area contributed by atoms with Crippen molar-refractivity contribution >= 4 is 23.1 Å². The van der Waals surface area contributed by atoms with Crippen molar-refractivity contribution in [3.05, 3.63) is 66.1 Å². The average molecular weight is 376 g/mol. The SMILES string of the molecule is COc1ccc(NC(=O)c2cc(N3CCc4ccccc43)ncn2)cc1OC. The van der Waals surface area contributed by atoms with E-state index in [2.05, 4.69) is 32.3 Å². The van der Waals surface area contributed by atoms with E-state index in [4.69, 9.17) is 9.47 Å². The Morgan fingerprint density at radius 2 is 1.86 bits per heavy atom. The molecule has 1 N–H and O–H groups in total. The van der Waals surface area contributed by atoms with Gasteiger partial charge < -0.3 is 19.7 Å². The van der Waals surface area contributed by atoms with Crippen LogP contribution in [0.2, 0.25) is 0 Å². The molecule has 0 spiro atoms. The summed E-state index contributed by atoms with van der Waals surface area (Å²) in [5.41, 5.74) is 3.28. The second-order valence-electron chi connectivity index (χ2n) is 6.32. The van der Waals surface area contributed by atoms with Gasteiger partial charge in [-0.25, -0.2) is 9.97 Å². The Bertz CT molecular complexity index is 1020. The topological polar surface area (TPSA) is 76.6 Å². The molecule has 1 amide bonds. The molecule has 142 valence electrons. The number of carbonyl (C=O) groups is 1. The fourth-order valence-corrected chi connectivity index (χ4v) is 3.30. The molecule has 1 aliphatic rings. The van der Waals surface area contributed by atoms with Gasteiger partial charge in [0, 0.05) is 30.1 Å². The minimum Gasteiger partial charge on any atom is -0.493 e. The lowest BCUT2D eigenvalue weighted by atomic mass is 10.2. The fourth-order valence-electron chi connectivity index (χ4n) is 3.30. The van der Waals surface area contributed by atoms with Crippen LogP contribution >= 0.6 is 0 Å². The van der Waals surface area contributed by atoms with Crippen LogP contribution in [-0.2, 0) is 6.42 Å². The highest BCUT2D eigenvalue weighted by atomic mass is 16.5. The van der Waals surface area contributed by atoms with Crippen molar-refractivity contribution in [1.82, 2.24) is 9.97 Å². The van der Waals surface area contributed by atoms with E-state index in [1.54, 1.807) is 38.5 Å². The first kappa shape index (κ1) is 17.8. The maximum Gasteiger partial charge on any atom is 0.274 e. The number of nitrogens with one attached hydrogen (secondary N) is 1. The lowest BCUT2D eigenvalue weighted by Crippen LogP contribution is -2.18. The number of ether oxygens (including phenoxy) is 2. The molecule has 0 unspecified atom stereocenters. The van der Waals surface area contributed by atoms with Crippen LogP contribution in [0.1, 0.15) is 16.1 Å². The highest BCUT2D eigenvalue weighted by Gasteiger charge is 2.22. The molecule has 7 heteroatoms. The predicted octanol–water partition coefficient (Wildman–Crippen LogP) is 3.44. The summed E-state index contributed by atoms with van der Waals surface area (Å²) in [4.78, 5) is 23.3. The molecule has 0 bridgehead atoms. The lowest BCUT2D eigenvalue weighted by Gasteiger charge is -2.18. The van der Waals surface area contributed by atoms with Crippen molar-refractivity contribution in [2.45, 2.75) is 6.42 Å². The number of hydrogen-bond donors (Lipinski definition) is 1. The van der Waals surface area contributed by atoms with Crippen LogP contribution in [0.5, 0.6) is 11.5 Å². The summed E-state index contributed by atoms with van der Waals surface area (Å²) in [6.07, 6.45) is 2.37. The van der Waals surface area contributed by atoms with Gasteiger partial charge >= 0.3 is 0 Å². The summed E-state index contributed by atoms with van der Waals surface area (Å²) >= 11 is 0. The largest absolute Gasteiger partial charge is 0.493 e. The Morgan fingerprint density at radius 3 is 2.68 bits per heavy atom. The third-order valence-corrected chi connectivity index (χ3v) is 4.69. The van der Waals surface area contributed by atoms with E-state index in [-0.39, 0.29) is 5.91 Å². The first-order valence-corrected chi connectivity index (χ1v) is 8.90. The number of para-hydroxylation sites is 1. The first-order chi connectivity index (χ1) is 13.7. The fraction of sp³-hybridized carbons (Fsp3) is 0.190. The first-order valence-electron chi connectivity index (χ1n) is 8.90. The van der Waals surface area contributed by atoms with Gasteiger partial charge in [-0.15, -0.1) is 0 Å². The number of carbonyl (C=O) groups excluding carboxylic acids is 1. The van der Waals surface area contributed by atoms with Gasteiger partial charge in [0.25, 0.3) is 5.91 Å². The van der Waals surface area contributed by atoms with Crippen LogP contribution in [0.25, 0.3) is 0 Å². The van der Waals surface area contributed by atoms with Gasteiger partial charge in [0.1, 0.15) is 17.8 Å². The van der Waals surface area contributed by atoms with E-state index in [1.165, 1.54) is 11.9 Å². The highest BCUT2D eigenvalue weighted by Crippen LogP contribution is 2.33. The van der Waals surface area contributed by atoms with E-state index < -0.39 is 0 Å². The number of amides is 1. The zero-order chi connectivity index (χ0) is 19.5. The minimum absolute atomic E-state index is 0.296. The smallest absolute Gasteiger partial charge is 0.274 e. The van der Waals surface area contributed by atoms with E-state index in [0.29, 0.717) is 28.7 Å². The van der Waals surface area contributed by atoms with Crippen molar-refractivity contribution in [3.8, 4) is 11.5 Å². The van der Waals surface area contributed by atoms with Crippen molar-refractivity contribution in [2.75, 3.05) is 31.0 Å². The molecule has 0 saturated heterocycles. The van der Waals surface area contributed by atoms with E-state index in [0.717, 1.165) is 18.7 Å². The average Bonchev–Trinajstić information content (AvgIpc) is 3.18. The Labute approximate surface area is 163 Å². The number of aromatic nitrogens is 2. The summed E-state index contributed by atoms with van der Waals surface area (Å²) in [6, 6.07) is 15.1. The number of rotatable bonds is 5. The molecule has 2 heterocycles. The summed E-state index contributed by atoms with van der Waals surface area (Å²) in [5, 5.41) is 2.84. The number of fused-ring (bicyclic) bond motifs is 1. The van der Waals surface area contributed by atoms with Crippen LogP contribution < -0.4 is 19.7 Å². The van der Waals surface area contributed by atoms with E-state index in [1.807, 2.05) is 12.1 Å². The molecule has 0 atom stereocenters. The molecule has 1 aliphatic heterocycles. The number of nitrogens with zero attached hydrogens (tertiary/aromatic N) is 3. The molecule has 4 rings (SSSR count). The Morgan fingerprint density at radius 1 is 1.04 bits per heavy atom. The molecule has 7 nitrogen and oxygen atoms in total. The van der Waals surface area contributed by atoms with Gasteiger partial charge in [-0.2, -0.15) is 0 Å². The standard InChI is InChI=1S/C21H20N4O3/c1-27-18-8-7-15(11-19(18)28-2)24-21(26)16-12-20(23-13-22-16)25-10-9-14-5-3-4-6-17(14)25/h3-8,11-13H,9-10H2,1-2H3,(H,24,26). The monoisotopic (exact) mass is 376 g/mol. The van der Waals surface area contributed by atoms with Gasteiger partial charge in [0.05, 0.1) is 14.2 Å². The maximum atomic E-state index is 12.7. The zero-order valence-electron chi connectivity index (χ0n) is 15.7. The van der Waals surface area contributed by atoms with Crippen LogP contribution in [0.3, 0.4) is 0 Å². The van der Waals surface area contributed by atoms with Crippen LogP contribution in [0.4, 0.5) is 17.2 Å². The van der Waals surface area contributed by atoms with Gasteiger partial charge in [-0.1, -0.05) is 18.2 Å². The molecule has 0 radical (unpaired) electrons. The molecular formula is C21H20N4O3. The molecule has 2 aromatic carbocycles. The predicted molar refractivity (Wildman–Crippen MR) is 107 cm³/mol. The van der Waals surface area contributed by atoms with Crippen LogP contribution in [0.15, 0.2) is 54.9 Å². The van der Waals surface area contributed by atoms with Crippen molar-refractivity contribution in [3.63, 3.8) is 0 Å². The second kappa shape index (κ2) is 7.56. The summed E-state index contributed by atoms with van der Waals surface area (Å²) in [6.45, 7) is 0.826. The second-order valence-corrected chi connectivity index (χ2v) is 6.32. The maximum absolute atomic E-state index is 12.7. The van der Waals surface area contributed by atoms with E-state index in [9.17, 15) is 4.79 Å². The Balaban J connectivity index is 1.56. The van der Waals surface area contributed by atoms with Crippen molar-refractivity contribution < 1.29 is 14.3 Å². The summed E-state index contributed by atoms with van der Waals surface area (Å²) < 4.78 is 10.5. The third kappa shape index (κ3) is 3.34. The Kier molecular flexibility index (Phi) is 4.80. The molecule has 28 heavy (non-hydrogen) atoms. The molecule has 1 aromatic heterocycles. The third-order valence-electron chi connectivity index (χ3n) is 4.69. The minimum atomic E-state index is -0.316. The normalized spacial score (nSPS) is 12.4. The Hall–Kier alpha value is -3.61. The molecule has 0 fully saturated rings. The summed E-state index contributed by atoms with van der Waals surface area (Å²) in [5.74, 6) is 1.52. The number of anilines is 3. The van der Waals surface area contributed by atoms with Gasteiger partial charge in [0.2, 0.25) is 0 Å². The van der Waals surface area contributed by atoms with Crippen LogP contribution in [0, 0.1) is 0 Å². The molecule has 3 aromatic rings. The van der Waals surface area contributed by atoms with Gasteiger partial charge in [-0.3, -0.25) is 4.79 Å². The van der Waals surface area contributed by atoms with Crippen LogP contribution in [-0.4, -0.2) is 36.6 Å². The van der Waals surface area contributed by atoms with Crippen molar-refractivity contribution in [2.24, 2.45) is 0 Å². The zero-order valence-corrected chi connectivity index (χ0v) is 15.7. The quantitative estimate of drug-likeness (QED) is 0.735. The van der Waals surface area contributed by atoms with Gasteiger partial charge in [0.15, 0.2) is 11.5 Å². The number of benzene rings is 2. The molecule has 0 saturated carbocycles. The lowest BCUT2D eigenvalue weighted by molar-refractivity contribution is 0.102. The molecular weight excluding hydrogens is 356 g/mol. The van der Waals surface area contributed by atoms with Crippen molar-refractivity contribution in [1.29, 1.82) is 0 Å². The van der Waals surface area contributed by atoms with Gasteiger partial charge in [-0.05, 0) is 30.2 Å². The van der Waals surface area contributed by atoms with E-state index >= 15 is 0 Å². The molecule has 0 aliphatic carbocycles. The number of methoxy groups -OCH3 is 2.